The molecule has 3 aromatic carbocycles. The number of fused-ring (bicyclic) bond motifs is 1. The van der Waals surface area contributed by atoms with Crippen molar-refractivity contribution in [2.75, 3.05) is 26.2 Å². The van der Waals surface area contributed by atoms with Gasteiger partial charge in [-0.2, -0.15) is 4.31 Å². The molecule has 0 atom stereocenters. The minimum Gasteiger partial charge on any atom is -0.481 e. The molecule has 0 saturated carbocycles. The van der Waals surface area contributed by atoms with Crippen molar-refractivity contribution in [3.63, 3.8) is 0 Å². The van der Waals surface area contributed by atoms with E-state index in [1.807, 2.05) is 0 Å². The number of carboxylic acids is 1. The summed E-state index contributed by atoms with van der Waals surface area (Å²) in [5, 5.41) is 10.3. The first-order valence-electron chi connectivity index (χ1n) is 10.5. The maximum atomic E-state index is 14.0. The summed E-state index contributed by atoms with van der Waals surface area (Å²) in [5.41, 5.74) is 1.22. The molecule has 1 aliphatic heterocycles. The number of aliphatic carboxylic acids is 1. The van der Waals surface area contributed by atoms with Gasteiger partial charge in [0.15, 0.2) is 0 Å². The van der Waals surface area contributed by atoms with E-state index in [0.29, 0.717) is 21.9 Å². The van der Waals surface area contributed by atoms with E-state index in [1.54, 1.807) is 31.2 Å². The number of carbonyl (C=O) groups excluding carboxylic acids is 1. The molecule has 1 aliphatic rings. The predicted molar refractivity (Wildman–Crippen MR) is 121 cm³/mol. The number of hydrogen-bond donors (Lipinski definition) is 1. The first kappa shape index (κ1) is 22.9. The lowest BCUT2D eigenvalue weighted by Gasteiger charge is -2.34. The Balaban J connectivity index is 1.64. The number of nitrogens with zero attached hydrogens (tertiary/aromatic N) is 2. The van der Waals surface area contributed by atoms with Crippen molar-refractivity contribution >= 4 is 32.7 Å². The number of carboxylic acid groups (broad SMARTS) is 1. The van der Waals surface area contributed by atoms with Gasteiger partial charge in [0.05, 0.1) is 16.9 Å². The van der Waals surface area contributed by atoms with E-state index in [0.717, 1.165) is 0 Å². The van der Waals surface area contributed by atoms with E-state index < -0.39 is 21.8 Å². The van der Waals surface area contributed by atoms with Gasteiger partial charge in [0.1, 0.15) is 5.82 Å². The lowest BCUT2D eigenvalue weighted by Crippen LogP contribution is -2.50. The van der Waals surface area contributed by atoms with Crippen molar-refractivity contribution in [1.29, 1.82) is 0 Å². The Hall–Kier alpha value is -3.30. The normalized spacial score (nSPS) is 15.0. The molecule has 0 bridgehead atoms. The third kappa shape index (κ3) is 4.46. The molecule has 1 heterocycles. The van der Waals surface area contributed by atoms with Gasteiger partial charge in [0.2, 0.25) is 10.0 Å². The Labute approximate surface area is 191 Å². The van der Waals surface area contributed by atoms with Gasteiger partial charge in [-0.3, -0.25) is 9.59 Å². The maximum Gasteiger partial charge on any atom is 0.307 e. The number of piperazine rings is 1. The van der Waals surface area contributed by atoms with Crippen LogP contribution in [0, 0.1) is 12.7 Å². The highest BCUT2D eigenvalue weighted by Crippen LogP contribution is 2.29. The van der Waals surface area contributed by atoms with Gasteiger partial charge < -0.3 is 10.0 Å². The van der Waals surface area contributed by atoms with Crippen molar-refractivity contribution in [3.8, 4) is 0 Å². The van der Waals surface area contributed by atoms with Crippen LogP contribution in [0.5, 0.6) is 0 Å². The molecule has 9 heteroatoms. The van der Waals surface area contributed by atoms with E-state index in [4.69, 9.17) is 0 Å². The molecule has 0 radical (unpaired) electrons. The van der Waals surface area contributed by atoms with Gasteiger partial charge in [-0.05, 0) is 53.1 Å². The second kappa shape index (κ2) is 8.92. The molecule has 7 nitrogen and oxygen atoms in total. The van der Waals surface area contributed by atoms with Crippen molar-refractivity contribution in [2.24, 2.45) is 0 Å². The van der Waals surface area contributed by atoms with E-state index >= 15 is 0 Å². The molecule has 4 rings (SSSR count). The molecule has 0 spiro atoms. The molecule has 3 aromatic rings. The highest BCUT2D eigenvalue weighted by molar-refractivity contribution is 7.89. The van der Waals surface area contributed by atoms with Crippen LogP contribution >= 0.6 is 0 Å². The summed E-state index contributed by atoms with van der Waals surface area (Å²) in [6.45, 7) is 2.26. The molecule has 172 valence electrons. The summed E-state index contributed by atoms with van der Waals surface area (Å²) in [6, 6.07) is 13.8. The average Bonchev–Trinajstić information content (AvgIpc) is 2.80. The largest absolute Gasteiger partial charge is 0.481 e. The molecule has 33 heavy (non-hydrogen) atoms. The van der Waals surface area contributed by atoms with Gasteiger partial charge in [-0.1, -0.05) is 30.3 Å². The van der Waals surface area contributed by atoms with Crippen LogP contribution in [0.3, 0.4) is 0 Å². The number of halogens is 1. The zero-order valence-electron chi connectivity index (χ0n) is 18.0. The van der Waals surface area contributed by atoms with Gasteiger partial charge >= 0.3 is 5.97 Å². The summed E-state index contributed by atoms with van der Waals surface area (Å²) in [7, 11) is -3.66. The number of hydrogen-bond acceptors (Lipinski definition) is 4. The third-order valence-electron chi connectivity index (χ3n) is 5.93. The van der Waals surface area contributed by atoms with Crippen LogP contribution in [0.1, 0.15) is 21.5 Å². The van der Waals surface area contributed by atoms with Crippen LogP contribution in [0.15, 0.2) is 59.5 Å². The van der Waals surface area contributed by atoms with Crippen molar-refractivity contribution in [2.45, 2.75) is 18.2 Å². The fraction of sp³-hybridized carbons (Fsp3) is 0.250. The lowest BCUT2D eigenvalue weighted by molar-refractivity contribution is -0.136. The molecule has 0 aliphatic carbocycles. The predicted octanol–water partition coefficient (Wildman–Crippen LogP) is 3.06. The van der Waals surface area contributed by atoms with E-state index in [2.05, 4.69) is 0 Å². The van der Waals surface area contributed by atoms with E-state index in [-0.39, 0.29) is 49.0 Å². The summed E-state index contributed by atoms with van der Waals surface area (Å²) in [4.78, 5) is 26.6. The minimum atomic E-state index is -3.66. The molecule has 1 N–H and O–H groups in total. The first-order chi connectivity index (χ1) is 15.7. The third-order valence-corrected chi connectivity index (χ3v) is 7.85. The highest BCUT2D eigenvalue weighted by Gasteiger charge is 2.31. The Bertz CT molecular complexity index is 1330. The molecular weight excluding hydrogens is 447 g/mol. The summed E-state index contributed by atoms with van der Waals surface area (Å²) in [5.74, 6) is -1.90. The topological polar surface area (TPSA) is 95.0 Å². The number of rotatable bonds is 5. The lowest BCUT2D eigenvalue weighted by atomic mass is 9.92. The van der Waals surface area contributed by atoms with Gasteiger partial charge in [0, 0.05) is 26.2 Å². The Morgan fingerprint density at radius 2 is 1.67 bits per heavy atom. The highest BCUT2D eigenvalue weighted by atomic mass is 32.2. The SMILES string of the molecule is Cc1c(CC(=O)O)cc2ccc(F)cc2c1C(=O)N1CCN(S(=O)(=O)c2ccccc2)CC1. The quantitative estimate of drug-likeness (QED) is 0.619. The number of amides is 1. The smallest absolute Gasteiger partial charge is 0.307 e. The monoisotopic (exact) mass is 470 g/mol. The molecule has 0 aromatic heterocycles. The maximum absolute atomic E-state index is 14.0. The Kier molecular flexibility index (Phi) is 6.18. The minimum absolute atomic E-state index is 0.128. The van der Waals surface area contributed by atoms with Crippen LogP contribution < -0.4 is 0 Å². The Morgan fingerprint density at radius 3 is 2.30 bits per heavy atom. The fourth-order valence-corrected chi connectivity index (χ4v) is 5.63. The molecule has 1 saturated heterocycles. The van der Waals surface area contributed by atoms with Crippen molar-refractivity contribution in [3.05, 3.63) is 77.1 Å². The molecule has 0 unspecified atom stereocenters. The first-order valence-corrected chi connectivity index (χ1v) is 11.9. The number of carbonyl (C=O) groups is 2. The molecular formula is C24H23FN2O5S. The summed E-state index contributed by atoms with van der Waals surface area (Å²) >= 11 is 0. The van der Waals surface area contributed by atoms with Gasteiger partial charge in [-0.25, -0.2) is 12.8 Å². The Morgan fingerprint density at radius 1 is 1.00 bits per heavy atom. The molecule has 1 amide bonds. The summed E-state index contributed by atoms with van der Waals surface area (Å²) in [6.07, 6.45) is -0.261. The van der Waals surface area contributed by atoms with Crippen LogP contribution in [0.2, 0.25) is 0 Å². The van der Waals surface area contributed by atoms with Crippen LogP contribution in [-0.4, -0.2) is 60.8 Å². The number of benzene rings is 3. The van der Waals surface area contributed by atoms with E-state index in [1.165, 1.54) is 39.5 Å². The zero-order chi connectivity index (χ0) is 23.8. The second-order valence-electron chi connectivity index (χ2n) is 7.98. The second-order valence-corrected chi connectivity index (χ2v) is 9.92. The van der Waals surface area contributed by atoms with Crippen LogP contribution in [-0.2, 0) is 21.2 Å². The van der Waals surface area contributed by atoms with E-state index in [9.17, 15) is 27.5 Å². The van der Waals surface area contributed by atoms with Gasteiger partial charge in [0.25, 0.3) is 5.91 Å². The van der Waals surface area contributed by atoms with Gasteiger partial charge in [-0.15, -0.1) is 0 Å². The summed E-state index contributed by atoms with van der Waals surface area (Å²) < 4.78 is 41.1. The van der Waals surface area contributed by atoms with Crippen LogP contribution in [0.4, 0.5) is 4.39 Å². The van der Waals surface area contributed by atoms with Crippen molar-refractivity contribution < 1.29 is 27.5 Å². The fourth-order valence-electron chi connectivity index (χ4n) is 4.18. The van der Waals surface area contributed by atoms with Crippen molar-refractivity contribution in [1.82, 2.24) is 9.21 Å². The zero-order valence-corrected chi connectivity index (χ0v) is 18.8. The average molecular weight is 471 g/mol. The standard InChI is InChI=1S/C24H23FN2O5S/c1-16-18(14-22(28)29)13-17-7-8-19(25)15-21(17)23(16)24(30)26-9-11-27(12-10-26)33(31,32)20-5-3-2-4-6-20/h2-8,13,15H,9-12,14H2,1H3,(H,28,29). The van der Waals surface area contributed by atoms with Crippen LogP contribution in [0.25, 0.3) is 10.8 Å². The number of sulfonamides is 1. The molecule has 1 fully saturated rings.